The molecule has 0 aliphatic rings. The first-order chi connectivity index (χ1) is 8.97. The first kappa shape index (κ1) is 14.9. The van der Waals surface area contributed by atoms with Crippen LogP contribution in [0.2, 0.25) is 0 Å². The van der Waals surface area contributed by atoms with Gasteiger partial charge in [-0.25, -0.2) is 4.79 Å². The lowest BCUT2D eigenvalue weighted by Crippen LogP contribution is -2.31. The molecule has 0 heterocycles. The smallest absolute Gasteiger partial charge is 0.410 e. The van der Waals surface area contributed by atoms with Gasteiger partial charge in [0, 0.05) is 19.2 Å². The molecule has 0 aliphatic carbocycles. The molecule has 1 atom stereocenters. The number of hydrogen-bond donors (Lipinski definition) is 1. The molecule has 0 bridgehead atoms. The summed E-state index contributed by atoms with van der Waals surface area (Å²) in [6.07, 6.45) is -0.590. The van der Waals surface area contributed by atoms with Gasteiger partial charge in [0.1, 0.15) is 6.61 Å². The van der Waals surface area contributed by atoms with E-state index < -0.39 is 11.0 Å². The van der Waals surface area contributed by atoms with E-state index >= 15 is 0 Å². The third-order valence-corrected chi connectivity index (χ3v) is 2.75. The molecule has 1 rings (SSSR count). The lowest BCUT2D eigenvalue weighted by atomic mass is 10.1. The number of ether oxygens (including phenoxy) is 1. The Labute approximate surface area is 110 Å². The summed E-state index contributed by atoms with van der Waals surface area (Å²) in [7, 11) is 1.53. The van der Waals surface area contributed by atoms with Gasteiger partial charge in [-0.2, -0.15) is 0 Å². The fourth-order valence-electron chi connectivity index (χ4n) is 1.51. The summed E-state index contributed by atoms with van der Waals surface area (Å²) in [6.45, 7) is 1.41. The number of aliphatic hydroxyl groups excluding tert-OH is 1. The Morgan fingerprint density at radius 1 is 1.58 bits per heavy atom. The largest absolute Gasteiger partial charge is 0.447 e. The van der Waals surface area contributed by atoms with Crippen LogP contribution in [-0.4, -0.2) is 41.3 Å². The summed E-state index contributed by atoms with van der Waals surface area (Å²) in [4.78, 5) is 23.1. The van der Waals surface area contributed by atoms with Gasteiger partial charge in [-0.15, -0.1) is 0 Å². The zero-order valence-corrected chi connectivity index (χ0v) is 10.8. The molecule has 19 heavy (non-hydrogen) atoms. The van der Waals surface area contributed by atoms with Crippen molar-refractivity contribution in [3.63, 3.8) is 0 Å². The third kappa shape index (κ3) is 3.92. The number of amides is 1. The van der Waals surface area contributed by atoms with Crippen LogP contribution < -0.4 is 0 Å². The number of carbonyl (C=O) groups excluding carboxylic acids is 1. The van der Waals surface area contributed by atoms with E-state index in [1.807, 2.05) is 0 Å². The number of nitrogens with zero attached hydrogens (tertiary/aromatic N) is 2. The number of non-ortho nitro benzene ring substituents is 1. The minimum absolute atomic E-state index is 0.0264. The molecule has 0 fully saturated rings. The summed E-state index contributed by atoms with van der Waals surface area (Å²) in [5.41, 5.74) is 0.610. The Hall–Kier alpha value is -2.15. The predicted molar refractivity (Wildman–Crippen MR) is 67.7 cm³/mol. The van der Waals surface area contributed by atoms with Gasteiger partial charge in [0.25, 0.3) is 5.69 Å². The number of nitro groups is 1. The number of benzene rings is 1. The molecule has 0 spiro atoms. The average Bonchev–Trinajstić information content (AvgIpc) is 2.43. The fraction of sp³-hybridized carbons (Fsp3) is 0.417. The molecule has 1 aromatic carbocycles. The van der Waals surface area contributed by atoms with Crippen molar-refractivity contribution in [2.45, 2.75) is 13.0 Å². The minimum atomic E-state index is -0.590. The van der Waals surface area contributed by atoms with Crippen LogP contribution in [0.4, 0.5) is 10.5 Å². The number of nitro benzene ring substituents is 1. The summed E-state index contributed by atoms with van der Waals surface area (Å²) in [5.74, 6) is 0. The van der Waals surface area contributed by atoms with E-state index in [4.69, 9.17) is 9.84 Å². The SMILES string of the molecule is CC(c1cccc([N+](=O)[O-])c1)N(C)C(=O)OCCO. The van der Waals surface area contributed by atoms with Crippen LogP contribution in [-0.2, 0) is 4.74 Å². The van der Waals surface area contributed by atoms with Crippen LogP contribution in [0.3, 0.4) is 0 Å². The second kappa shape index (κ2) is 6.69. The second-order valence-electron chi connectivity index (χ2n) is 3.98. The Bertz CT molecular complexity index is 463. The Morgan fingerprint density at radius 2 is 2.26 bits per heavy atom. The average molecular weight is 268 g/mol. The normalized spacial score (nSPS) is 11.7. The monoisotopic (exact) mass is 268 g/mol. The standard InChI is InChI=1S/C12H16N2O5/c1-9(13(2)12(16)19-7-6-15)10-4-3-5-11(8-10)14(17)18/h3-5,8-9,15H,6-7H2,1-2H3. The maximum atomic E-state index is 11.6. The van der Waals surface area contributed by atoms with E-state index in [-0.39, 0.29) is 24.9 Å². The maximum absolute atomic E-state index is 11.6. The van der Waals surface area contributed by atoms with Gasteiger partial charge >= 0.3 is 6.09 Å². The quantitative estimate of drug-likeness (QED) is 0.648. The molecule has 7 nitrogen and oxygen atoms in total. The van der Waals surface area contributed by atoms with Crippen LogP contribution in [0.1, 0.15) is 18.5 Å². The topological polar surface area (TPSA) is 92.9 Å². The zero-order chi connectivity index (χ0) is 14.4. The Kier molecular flexibility index (Phi) is 5.25. The summed E-state index contributed by atoms with van der Waals surface area (Å²) in [6, 6.07) is 5.71. The maximum Gasteiger partial charge on any atom is 0.410 e. The van der Waals surface area contributed by atoms with Gasteiger partial charge < -0.3 is 14.7 Å². The molecule has 0 saturated heterocycles. The van der Waals surface area contributed by atoms with Crippen molar-refractivity contribution in [2.24, 2.45) is 0 Å². The van der Waals surface area contributed by atoms with Crippen molar-refractivity contribution in [1.82, 2.24) is 4.90 Å². The molecule has 1 aromatic rings. The van der Waals surface area contributed by atoms with Crippen molar-refractivity contribution in [3.05, 3.63) is 39.9 Å². The first-order valence-electron chi connectivity index (χ1n) is 5.72. The van der Waals surface area contributed by atoms with Crippen LogP contribution in [0.25, 0.3) is 0 Å². The predicted octanol–water partition coefficient (Wildman–Crippen LogP) is 1.72. The number of aliphatic hydroxyl groups is 1. The number of rotatable bonds is 5. The third-order valence-electron chi connectivity index (χ3n) is 2.75. The molecule has 0 aromatic heterocycles. The van der Waals surface area contributed by atoms with E-state index in [2.05, 4.69) is 0 Å². The summed E-state index contributed by atoms with van der Waals surface area (Å²) in [5, 5.41) is 19.3. The molecule has 1 amide bonds. The van der Waals surface area contributed by atoms with Crippen LogP contribution in [0.5, 0.6) is 0 Å². The summed E-state index contributed by atoms with van der Waals surface area (Å²) < 4.78 is 4.78. The molecular weight excluding hydrogens is 252 g/mol. The first-order valence-corrected chi connectivity index (χ1v) is 5.72. The fourth-order valence-corrected chi connectivity index (χ4v) is 1.51. The van der Waals surface area contributed by atoms with Crippen LogP contribution >= 0.6 is 0 Å². The van der Waals surface area contributed by atoms with Gasteiger partial charge in [0.15, 0.2) is 0 Å². The number of hydrogen-bond acceptors (Lipinski definition) is 5. The molecule has 7 heteroatoms. The van der Waals surface area contributed by atoms with Crippen molar-refractivity contribution >= 4 is 11.8 Å². The molecular formula is C12H16N2O5. The van der Waals surface area contributed by atoms with Crippen molar-refractivity contribution < 1.29 is 19.6 Å². The van der Waals surface area contributed by atoms with E-state index in [0.29, 0.717) is 5.56 Å². The van der Waals surface area contributed by atoms with Crippen molar-refractivity contribution in [2.75, 3.05) is 20.3 Å². The lowest BCUT2D eigenvalue weighted by molar-refractivity contribution is -0.384. The van der Waals surface area contributed by atoms with E-state index in [1.54, 1.807) is 19.1 Å². The molecule has 0 radical (unpaired) electrons. The molecule has 1 unspecified atom stereocenters. The van der Waals surface area contributed by atoms with Gasteiger partial charge in [0.2, 0.25) is 0 Å². The zero-order valence-electron chi connectivity index (χ0n) is 10.8. The van der Waals surface area contributed by atoms with Crippen molar-refractivity contribution in [3.8, 4) is 0 Å². The van der Waals surface area contributed by atoms with E-state index in [0.717, 1.165) is 0 Å². The molecule has 104 valence electrons. The highest BCUT2D eigenvalue weighted by molar-refractivity contribution is 5.68. The van der Waals surface area contributed by atoms with Crippen LogP contribution in [0.15, 0.2) is 24.3 Å². The van der Waals surface area contributed by atoms with E-state index in [9.17, 15) is 14.9 Å². The van der Waals surface area contributed by atoms with Gasteiger partial charge in [-0.1, -0.05) is 12.1 Å². The van der Waals surface area contributed by atoms with Gasteiger partial charge in [0.05, 0.1) is 17.6 Å². The van der Waals surface area contributed by atoms with Crippen molar-refractivity contribution in [1.29, 1.82) is 0 Å². The Balaban J connectivity index is 2.81. The lowest BCUT2D eigenvalue weighted by Gasteiger charge is -2.24. The highest BCUT2D eigenvalue weighted by Crippen LogP contribution is 2.23. The highest BCUT2D eigenvalue weighted by Gasteiger charge is 2.20. The number of carbonyl (C=O) groups is 1. The molecule has 0 saturated carbocycles. The molecule has 1 N–H and O–H groups in total. The Morgan fingerprint density at radius 3 is 2.84 bits per heavy atom. The minimum Gasteiger partial charge on any atom is -0.447 e. The van der Waals surface area contributed by atoms with E-state index in [1.165, 1.54) is 24.1 Å². The van der Waals surface area contributed by atoms with Crippen LogP contribution in [0, 0.1) is 10.1 Å². The second-order valence-corrected chi connectivity index (χ2v) is 3.98. The van der Waals surface area contributed by atoms with Gasteiger partial charge in [-0.05, 0) is 12.5 Å². The molecule has 0 aliphatic heterocycles. The summed E-state index contributed by atoms with van der Waals surface area (Å²) >= 11 is 0. The highest BCUT2D eigenvalue weighted by atomic mass is 16.6. The van der Waals surface area contributed by atoms with Gasteiger partial charge in [-0.3, -0.25) is 10.1 Å².